The second kappa shape index (κ2) is 15.2. The van der Waals surface area contributed by atoms with Crippen molar-refractivity contribution in [2.24, 2.45) is 0 Å². The number of hydrogen-bond donors (Lipinski definition) is 0. The lowest BCUT2D eigenvalue weighted by Gasteiger charge is -2.35. The van der Waals surface area contributed by atoms with E-state index in [1.54, 1.807) is 0 Å². The monoisotopic (exact) mass is 767 g/mol. The van der Waals surface area contributed by atoms with Crippen molar-refractivity contribution in [2.45, 2.75) is 31.1 Å². The summed E-state index contributed by atoms with van der Waals surface area (Å²) >= 11 is 0. The fourth-order valence-electron chi connectivity index (χ4n) is 10.1. The van der Waals surface area contributed by atoms with Crippen molar-refractivity contribution >= 4 is 17.1 Å². The van der Waals surface area contributed by atoms with Crippen LogP contribution in [0, 0.1) is 0 Å². The van der Waals surface area contributed by atoms with Crippen molar-refractivity contribution in [3.63, 3.8) is 0 Å². The Morgan fingerprint density at radius 2 is 0.783 bits per heavy atom. The lowest BCUT2D eigenvalue weighted by molar-refractivity contribution is 0.686. The summed E-state index contributed by atoms with van der Waals surface area (Å²) in [5.74, 6) is 0. The Balaban J connectivity index is 1.21. The van der Waals surface area contributed by atoms with Gasteiger partial charge in [-0.15, -0.1) is 0 Å². The average Bonchev–Trinajstić information content (AvgIpc) is 3.63. The molecule has 0 bridgehead atoms. The highest BCUT2D eigenvalue weighted by Crippen LogP contribution is 2.59. The van der Waals surface area contributed by atoms with Gasteiger partial charge in [0.1, 0.15) is 0 Å². The van der Waals surface area contributed by atoms with Crippen LogP contribution < -0.4 is 4.90 Å². The van der Waals surface area contributed by atoms with Gasteiger partial charge in [0.2, 0.25) is 0 Å². The third-order valence-electron chi connectivity index (χ3n) is 12.9. The first-order chi connectivity index (χ1) is 29.8. The Morgan fingerprint density at radius 3 is 1.35 bits per heavy atom. The maximum absolute atomic E-state index is 2.54. The van der Waals surface area contributed by atoms with Crippen LogP contribution in [0.2, 0.25) is 0 Å². The molecule has 1 heteroatoms. The van der Waals surface area contributed by atoms with E-state index in [4.69, 9.17) is 0 Å². The molecule has 0 spiro atoms. The Bertz CT molecular complexity index is 2810. The number of nitrogens with zero attached hydrogens (tertiary/aromatic N) is 1. The average molecular weight is 768 g/mol. The zero-order chi connectivity index (χ0) is 39.9. The van der Waals surface area contributed by atoms with E-state index in [1.165, 1.54) is 90.7 Å². The molecule has 2 aliphatic rings. The van der Waals surface area contributed by atoms with Crippen LogP contribution in [0.15, 0.2) is 224 Å². The Kier molecular flexibility index (Phi) is 9.09. The van der Waals surface area contributed by atoms with Crippen LogP contribution in [-0.4, -0.2) is 0 Å². The molecule has 0 atom stereocenters. The van der Waals surface area contributed by atoms with Crippen molar-refractivity contribution in [2.75, 3.05) is 4.90 Å². The molecule has 286 valence electrons. The minimum Gasteiger partial charge on any atom is -0.310 e. The molecule has 0 saturated heterocycles. The van der Waals surface area contributed by atoms with E-state index in [-0.39, 0.29) is 0 Å². The molecule has 0 amide bonds. The van der Waals surface area contributed by atoms with Gasteiger partial charge < -0.3 is 4.90 Å². The van der Waals surface area contributed by atoms with Crippen LogP contribution in [0.25, 0.3) is 44.5 Å². The quantitative estimate of drug-likeness (QED) is 0.149. The van der Waals surface area contributed by atoms with E-state index in [0.717, 1.165) is 29.9 Å². The zero-order valence-electron chi connectivity index (χ0n) is 33.6. The van der Waals surface area contributed by atoms with Crippen molar-refractivity contribution < 1.29 is 0 Å². The van der Waals surface area contributed by atoms with Crippen LogP contribution in [0.1, 0.15) is 46.2 Å². The molecule has 0 aromatic heterocycles. The smallest absolute Gasteiger partial charge is 0.0714 e. The third-order valence-corrected chi connectivity index (χ3v) is 12.9. The predicted molar refractivity (Wildman–Crippen MR) is 251 cm³/mol. The van der Waals surface area contributed by atoms with Crippen molar-refractivity contribution in [1.29, 1.82) is 0 Å². The van der Waals surface area contributed by atoms with Crippen LogP contribution in [0.3, 0.4) is 0 Å². The molecule has 1 nitrogen and oxygen atoms in total. The van der Waals surface area contributed by atoms with E-state index >= 15 is 0 Å². The fraction of sp³-hybridized carbons (Fsp3) is 0.0847. The van der Waals surface area contributed by atoms with Crippen LogP contribution >= 0.6 is 0 Å². The van der Waals surface area contributed by atoms with Crippen molar-refractivity contribution in [3.05, 3.63) is 258 Å². The van der Waals surface area contributed by atoms with Gasteiger partial charge in [-0.1, -0.05) is 188 Å². The maximum Gasteiger partial charge on any atom is 0.0714 e. The molecular formula is C59H45N. The molecule has 0 N–H and O–H groups in total. The highest BCUT2D eigenvalue weighted by atomic mass is 15.1. The normalized spacial score (nSPS) is 13.5. The first-order valence-electron chi connectivity index (χ1n) is 21.4. The summed E-state index contributed by atoms with van der Waals surface area (Å²) in [6.45, 7) is 0. The highest BCUT2D eigenvalue weighted by molar-refractivity contribution is 5.97. The predicted octanol–water partition coefficient (Wildman–Crippen LogP) is 15.4. The molecule has 0 saturated carbocycles. The topological polar surface area (TPSA) is 3.24 Å². The number of rotatable bonds is 8. The van der Waals surface area contributed by atoms with Gasteiger partial charge >= 0.3 is 0 Å². The van der Waals surface area contributed by atoms with Gasteiger partial charge in [-0.25, -0.2) is 0 Å². The maximum atomic E-state index is 2.54. The summed E-state index contributed by atoms with van der Waals surface area (Å²) in [4.78, 5) is 2.50. The van der Waals surface area contributed by atoms with E-state index in [0.29, 0.717) is 0 Å². The van der Waals surface area contributed by atoms with Crippen LogP contribution in [-0.2, 0) is 18.3 Å². The molecular weight excluding hydrogens is 723 g/mol. The molecule has 0 aliphatic heterocycles. The van der Waals surface area contributed by atoms with Crippen molar-refractivity contribution in [3.8, 4) is 44.5 Å². The molecule has 0 fully saturated rings. The number of hydrogen-bond acceptors (Lipinski definition) is 1. The molecule has 11 rings (SSSR count). The Morgan fingerprint density at radius 1 is 0.317 bits per heavy atom. The van der Waals surface area contributed by atoms with Gasteiger partial charge in [-0.2, -0.15) is 0 Å². The summed E-state index contributed by atoms with van der Waals surface area (Å²) in [6.07, 6.45) is 4.79. The second-order valence-electron chi connectivity index (χ2n) is 16.3. The van der Waals surface area contributed by atoms with E-state index in [2.05, 4.69) is 229 Å². The lowest BCUT2D eigenvalue weighted by Crippen LogP contribution is -2.28. The molecule has 60 heavy (non-hydrogen) atoms. The van der Waals surface area contributed by atoms with E-state index < -0.39 is 5.41 Å². The molecule has 9 aromatic carbocycles. The number of aryl methyl sites for hydroxylation is 2. The Hall–Kier alpha value is -7.22. The van der Waals surface area contributed by atoms with Crippen LogP contribution in [0.5, 0.6) is 0 Å². The van der Waals surface area contributed by atoms with Crippen LogP contribution in [0.4, 0.5) is 17.1 Å². The summed E-state index contributed by atoms with van der Waals surface area (Å²) in [5.41, 5.74) is 20.9. The van der Waals surface area contributed by atoms with Gasteiger partial charge in [0.15, 0.2) is 0 Å². The second-order valence-corrected chi connectivity index (χ2v) is 16.3. The number of anilines is 3. The SMILES string of the molecule is c1ccc(-c2ccc(N(c3ccc(-c4ccccc4)cc3)c3cc4c(cc3-c3ccc5c(c3)CCCC5)-c3ccccc3C4(c3ccccc3)c3ccccc3)cc2)cc1. The summed E-state index contributed by atoms with van der Waals surface area (Å²) in [5, 5.41) is 0. The zero-order valence-corrected chi connectivity index (χ0v) is 33.6. The molecule has 0 unspecified atom stereocenters. The summed E-state index contributed by atoms with van der Waals surface area (Å²) < 4.78 is 0. The first-order valence-corrected chi connectivity index (χ1v) is 21.4. The lowest BCUT2D eigenvalue weighted by atomic mass is 9.67. The van der Waals surface area contributed by atoms with Gasteiger partial charge in [-0.3, -0.25) is 0 Å². The fourth-order valence-corrected chi connectivity index (χ4v) is 10.1. The minimum atomic E-state index is -0.530. The summed E-state index contributed by atoms with van der Waals surface area (Å²) in [7, 11) is 0. The largest absolute Gasteiger partial charge is 0.310 e. The minimum absolute atomic E-state index is 0.530. The van der Waals surface area contributed by atoms with E-state index in [9.17, 15) is 0 Å². The molecule has 0 radical (unpaired) electrons. The standard InChI is InChI=1S/C59H45N/c1-5-17-42(18-6-1)45-31-35-51(36-32-45)60(52-37-33-46(34-38-52)43-19-7-2-8-20-43)58-41-57-55(40-54(58)48-30-29-44-21-13-14-22-47(44)39-48)53-27-15-16-28-56(53)59(57,49-23-9-3-10-24-49)50-25-11-4-12-26-50/h1-12,15-20,23-41H,13-14,21-22H2. The highest BCUT2D eigenvalue weighted by Gasteiger charge is 2.46. The summed E-state index contributed by atoms with van der Waals surface area (Å²) in [6, 6.07) is 83.4. The number of fused-ring (bicyclic) bond motifs is 4. The molecule has 9 aromatic rings. The number of benzene rings is 9. The van der Waals surface area contributed by atoms with Gasteiger partial charge in [0, 0.05) is 16.9 Å². The van der Waals surface area contributed by atoms with Gasteiger partial charge in [0.25, 0.3) is 0 Å². The van der Waals surface area contributed by atoms with Gasteiger partial charge in [-0.05, 0) is 134 Å². The molecule has 0 heterocycles. The molecule has 2 aliphatic carbocycles. The van der Waals surface area contributed by atoms with Gasteiger partial charge in [0.05, 0.1) is 11.1 Å². The van der Waals surface area contributed by atoms with E-state index in [1.807, 2.05) is 0 Å². The first kappa shape index (κ1) is 35.9. The third kappa shape index (κ3) is 6.09. The van der Waals surface area contributed by atoms with Crippen molar-refractivity contribution in [1.82, 2.24) is 0 Å². The Labute approximate surface area is 353 Å².